The average molecular weight is 207 g/mol. The maximum atomic E-state index is 11.5. The highest BCUT2D eigenvalue weighted by molar-refractivity contribution is 5.80. The van der Waals surface area contributed by atoms with Gasteiger partial charge in [-0.2, -0.15) is 0 Å². The second-order valence-corrected chi connectivity index (χ2v) is 3.30. The van der Waals surface area contributed by atoms with Crippen LogP contribution in [0.2, 0.25) is 0 Å². The van der Waals surface area contributed by atoms with Crippen molar-refractivity contribution in [1.29, 1.82) is 0 Å². The molecule has 1 N–H and O–H groups in total. The second-order valence-electron chi connectivity index (χ2n) is 3.30. The monoisotopic (exact) mass is 207 g/mol. The number of nitrogens with one attached hydrogen (secondary N) is 1. The van der Waals surface area contributed by atoms with Gasteiger partial charge in [0.2, 0.25) is 5.91 Å². The molecule has 0 fully saturated rings. The summed E-state index contributed by atoms with van der Waals surface area (Å²) in [5.74, 6) is -0.0688. The maximum Gasteiger partial charge on any atom is 0.249 e. The van der Waals surface area contributed by atoms with Gasteiger partial charge in [0.25, 0.3) is 0 Å². The van der Waals surface area contributed by atoms with E-state index in [-0.39, 0.29) is 12.0 Å². The lowest BCUT2D eigenvalue weighted by molar-refractivity contribution is -0.131. The predicted molar refractivity (Wildman–Crippen MR) is 59.4 cm³/mol. The summed E-state index contributed by atoms with van der Waals surface area (Å²) in [6.07, 6.45) is -0.376. The molecule has 3 heteroatoms. The molecule has 0 radical (unpaired) electrons. The maximum absolute atomic E-state index is 11.5. The van der Waals surface area contributed by atoms with Gasteiger partial charge in [-0.05, 0) is 19.4 Å². The van der Waals surface area contributed by atoms with Crippen molar-refractivity contribution in [2.75, 3.05) is 6.61 Å². The zero-order valence-corrected chi connectivity index (χ0v) is 9.19. The van der Waals surface area contributed by atoms with Crippen LogP contribution < -0.4 is 5.32 Å². The van der Waals surface area contributed by atoms with Gasteiger partial charge in [0, 0.05) is 13.2 Å². The van der Waals surface area contributed by atoms with Crippen molar-refractivity contribution in [3.8, 4) is 0 Å². The average Bonchev–Trinajstić information content (AvgIpc) is 2.27. The molecule has 1 aromatic carbocycles. The zero-order valence-electron chi connectivity index (χ0n) is 9.19. The number of benzene rings is 1. The van der Waals surface area contributed by atoms with E-state index in [9.17, 15) is 4.79 Å². The van der Waals surface area contributed by atoms with Gasteiger partial charge in [-0.15, -0.1) is 0 Å². The molecule has 0 bridgehead atoms. The second kappa shape index (κ2) is 6.19. The van der Waals surface area contributed by atoms with E-state index in [1.54, 1.807) is 6.92 Å². The lowest BCUT2D eigenvalue weighted by atomic mass is 10.2. The van der Waals surface area contributed by atoms with Gasteiger partial charge in [0.15, 0.2) is 0 Å². The molecular weight excluding hydrogens is 190 g/mol. The molecule has 15 heavy (non-hydrogen) atoms. The van der Waals surface area contributed by atoms with E-state index in [1.807, 2.05) is 37.3 Å². The molecule has 0 spiro atoms. The minimum absolute atomic E-state index is 0.0688. The van der Waals surface area contributed by atoms with Crippen LogP contribution in [-0.4, -0.2) is 18.6 Å². The first-order valence-corrected chi connectivity index (χ1v) is 5.17. The fraction of sp³-hybridized carbons (Fsp3) is 0.417. The van der Waals surface area contributed by atoms with Crippen LogP contribution in [-0.2, 0) is 16.1 Å². The van der Waals surface area contributed by atoms with E-state index in [2.05, 4.69) is 5.32 Å². The molecule has 1 rings (SSSR count). The van der Waals surface area contributed by atoms with E-state index < -0.39 is 0 Å². The SMILES string of the molecule is CCO[C@@H](C)C(=O)NCc1ccccc1. The smallest absolute Gasteiger partial charge is 0.249 e. The van der Waals surface area contributed by atoms with Gasteiger partial charge in [-0.1, -0.05) is 30.3 Å². The molecule has 0 saturated heterocycles. The minimum atomic E-state index is -0.376. The van der Waals surface area contributed by atoms with E-state index >= 15 is 0 Å². The molecule has 82 valence electrons. The minimum Gasteiger partial charge on any atom is -0.369 e. The van der Waals surface area contributed by atoms with Gasteiger partial charge in [0.05, 0.1) is 0 Å². The highest BCUT2D eigenvalue weighted by Crippen LogP contribution is 1.98. The van der Waals surface area contributed by atoms with Crippen molar-refractivity contribution in [1.82, 2.24) is 5.32 Å². The first-order chi connectivity index (χ1) is 7.24. The fourth-order valence-corrected chi connectivity index (χ4v) is 1.25. The summed E-state index contributed by atoms with van der Waals surface area (Å²) in [6, 6.07) is 9.81. The molecule has 1 aromatic rings. The number of hydrogen-bond acceptors (Lipinski definition) is 2. The lowest BCUT2D eigenvalue weighted by Crippen LogP contribution is -2.34. The molecule has 0 aliphatic carbocycles. The third kappa shape index (κ3) is 4.13. The van der Waals surface area contributed by atoms with Crippen LogP contribution in [0.3, 0.4) is 0 Å². The first kappa shape index (κ1) is 11.7. The Morgan fingerprint density at radius 2 is 2.07 bits per heavy atom. The van der Waals surface area contributed by atoms with Gasteiger partial charge in [-0.25, -0.2) is 0 Å². The third-order valence-corrected chi connectivity index (χ3v) is 2.10. The van der Waals surface area contributed by atoms with Gasteiger partial charge >= 0.3 is 0 Å². The Kier molecular flexibility index (Phi) is 4.84. The molecular formula is C12H17NO2. The summed E-state index contributed by atoms with van der Waals surface area (Å²) in [6.45, 7) is 4.74. The third-order valence-electron chi connectivity index (χ3n) is 2.10. The van der Waals surface area contributed by atoms with E-state index in [1.165, 1.54) is 0 Å². The van der Waals surface area contributed by atoms with Gasteiger partial charge in [-0.3, -0.25) is 4.79 Å². The van der Waals surface area contributed by atoms with Crippen molar-refractivity contribution in [3.63, 3.8) is 0 Å². The zero-order chi connectivity index (χ0) is 11.1. The van der Waals surface area contributed by atoms with Crippen LogP contribution in [0.5, 0.6) is 0 Å². The molecule has 3 nitrogen and oxygen atoms in total. The Morgan fingerprint density at radius 1 is 1.40 bits per heavy atom. The Hall–Kier alpha value is -1.35. The summed E-state index contributed by atoms with van der Waals surface area (Å²) in [5.41, 5.74) is 1.09. The van der Waals surface area contributed by atoms with E-state index in [0.717, 1.165) is 5.56 Å². The molecule has 0 unspecified atom stereocenters. The van der Waals surface area contributed by atoms with Crippen molar-refractivity contribution in [2.45, 2.75) is 26.5 Å². The van der Waals surface area contributed by atoms with Gasteiger partial charge in [0.1, 0.15) is 6.10 Å². The Morgan fingerprint density at radius 3 is 2.67 bits per heavy atom. The van der Waals surface area contributed by atoms with Crippen LogP contribution in [0.15, 0.2) is 30.3 Å². The lowest BCUT2D eigenvalue weighted by Gasteiger charge is -2.11. The summed E-state index contributed by atoms with van der Waals surface area (Å²) in [4.78, 5) is 11.5. The highest BCUT2D eigenvalue weighted by atomic mass is 16.5. The molecule has 1 atom stereocenters. The number of hydrogen-bond donors (Lipinski definition) is 1. The summed E-state index contributed by atoms with van der Waals surface area (Å²) < 4.78 is 5.18. The predicted octanol–water partition coefficient (Wildman–Crippen LogP) is 1.73. The molecule has 0 heterocycles. The molecule has 0 aromatic heterocycles. The number of carbonyl (C=O) groups excluding carboxylic acids is 1. The quantitative estimate of drug-likeness (QED) is 0.798. The number of amides is 1. The normalized spacial score (nSPS) is 12.1. The molecule has 0 aliphatic rings. The van der Waals surface area contributed by atoms with Crippen LogP contribution in [0.25, 0.3) is 0 Å². The van der Waals surface area contributed by atoms with E-state index in [4.69, 9.17) is 4.74 Å². The summed E-state index contributed by atoms with van der Waals surface area (Å²) >= 11 is 0. The molecule has 0 saturated carbocycles. The van der Waals surface area contributed by atoms with Gasteiger partial charge < -0.3 is 10.1 Å². The van der Waals surface area contributed by atoms with Crippen molar-refractivity contribution >= 4 is 5.91 Å². The number of ether oxygens (including phenoxy) is 1. The Labute approximate surface area is 90.4 Å². The van der Waals surface area contributed by atoms with Crippen LogP contribution >= 0.6 is 0 Å². The largest absolute Gasteiger partial charge is 0.369 e. The van der Waals surface area contributed by atoms with Crippen molar-refractivity contribution in [2.24, 2.45) is 0 Å². The molecule has 1 amide bonds. The molecule has 0 aliphatic heterocycles. The Balaban J connectivity index is 2.34. The Bertz CT molecular complexity index is 298. The van der Waals surface area contributed by atoms with Crippen LogP contribution in [0.4, 0.5) is 0 Å². The topological polar surface area (TPSA) is 38.3 Å². The summed E-state index contributed by atoms with van der Waals surface area (Å²) in [7, 11) is 0. The van der Waals surface area contributed by atoms with Crippen LogP contribution in [0.1, 0.15) is 19.4 Å². The first-order valence-electron chi connectivity index (χ1n) is 5.17. The fourth-order valence-electron chi connectivity index (χ4n) is 1.25. The standard InChI is InChI=1S/C12H17NO2/c1-3-15-10(2)12(14)13-9-11-7-5-4-6-8-11/h4-8,10H,3,9H2,1-2H3,(H,13,14)/t10-/m0/s1. The van der Waals surface area contributed by atoms with Crippen LogP contribution in [0, 0.1) is 0 Å². The number of rotatable bonds is 5. The highest BCUT2D eigenvalue weighted by Gasteiger charge is 2.11. The number of carbonyl (C=O) groups is 1. The van der Waals surface area contributed by atoms with E-state index in [0.29, 0.717) is 13.2 Å². The summed E-state index contributed by atoms with van der Waals surface area (Å²) in [5, 5.41) is 2.82. The van der Waals surface area contributed by atoms with Crippen molar-refractivity contribution < 1.29 is 9.53 Å². The van der Waals surface area contributed by atoms with Crippen molar-refractivity contribution in [3.05, 3.63) is 35.9 Å².